The lowest BCUT2D eigenvalue weighted by Gasteiger charge is -2.12. The molecule has 0 saturated carbocycles. The fourth-order valence-electron chi connectivity index (χ4n) is 1.57. The summed E-state index contributed by atoms with van der Waals surface area (Å²) in [7, 11) is -2.80. The minimum Gasteiger partial charge on any atom is -0.320 e. The van der Waals surface area contributed by atoms with Gasteiger partial charge in [0.2, 0.25) is 20.0 Å². The summed E-state index contributed by atoms with van der Waals surface area (Å²) < 4.78 is 51.7. The zero-order valence-corrected chi connectivity index (χ0v) is 14.0. The van der Waals surface area contributed by atoms with E-state index in [1.165, 1.54) is 32.3 Å². The van der Waals surface area contributed by atoms with Crippen molar-refractivity contribution in [2.45, 2.75) is 16.2 Å². The summed E-state index contributed by atoms with van der Waals surface area (Å²) in [5.74, 6) is 0. The number of sulfonamides is 2. The second kappa shape index (κ2) is 7.32. The van der Waals surface area contributed by atoms with Gasteiger partial charge in [-0.25, -0.2) is 25.9 Å². The van der Waals surface area contributed by atoms with E-state index in [2.05, 4.69) is 10.0 Å². The highest BCUT2D eigenvalue weighted by Crippen LogP contribution is 2.17. The number of hydrogen-bond acceptors (Lipinski definition) is 5. The van der Waals surface area contributed by atoms with Gasteiger partial charge in [-0.15, -0.1) is 0 Å². The summed E-state index contributed by atoms with van der Waals surface area (Å²) in [5, 5.41) is 2.92. The van der Waals surface area contributed by atoms with Crippen LogP contribution in [0.4, 0.5) is 0 Å². The Hall–Kier alpha value is -1.00. The van der Waals surface area contributed by atoms with Gasteiger partial charge in [-0.2, -0.15) is 0 Å². The van der Waals surface area contributed by atoms with Crippen molar-refractivity contribution in [3.8, 4) is 0 Å². The van der Waals surface area contributed by atoms with Crippen molar-refractivity contribution in [2.75, 3.05) is 34.2 Å². The summed E-state index contributed by atoms with van der Waals surface area (Å²) in [6.45, 7) is 0.978. The van der Waals surface area contributed by atoms with Crippen LogP contribution in [-0.2, 0) is 20.0 Å². The molecule has 0 radical (unpaired) electrons. The van der Waals surface area contributed by atoms with E-state index in [4.69, 9.17) is 0 Å². The summed E-state index contributed by atoms with van der Waals surface area (Å²) in [6, 6.07) is 5.32. The van der Waals surface area contributed by atoms with Crippen LogP contribution in [0.15, 0.2) is 34.1 Å². The SMILES string of the molecule is CNCCCNS(=O)(=O)c1cccc(S(=O)(=O)N(C)C)c1. The topological polar surface area (TPSA) is 95.6 Å². The van der Waals surface area contributed by atoms with E-state index in [1.807, 2.05) is 0 Å². The molecule has 0 unspecified atom stereocenters. The zero-order valence-electron chi connectivity index (χ0n) is 12.3. The number of rotatable bonds is 8. The molecule has 0 heterocycles. The fourth-order valence-corrected chi connectivity index (χ4v) is 3.71. The largest absolute Gasteiger partial charge is 0.320 e. The molecule has 0 saturated heterocycles. The first kappa shape index (κ1) is 18.1. The predicted molar refractivity (Wildman–Crippen MR) is 81.0 cm³/mol. The first-order valence-electron chi connectivity index (χ1n) is 6.38. The molecule has 0 spiro atoms. The van der Waals surface area contributed by atoms with Crippen LogP contribution in [0.2, 0.25) is 0 Å². The lowest BCUT2D eigenvalue weighted by Crippen LogP contribution is -2.27. The van der Waals surface area contributed by atoms with Crippen molar-refractivity contribution in [1.29, 1.82) is 0 Å². The van der Waals surface area contributed by atoms with Crippen molar-refractivity contribution < 1.29 is 16.8 Å². The monoisotopic (exact) mass is 335 g/mol. The fraction of sp³-hybridized carbons (Fsp3) is 0.500. The molecule has 0 aliphatic rings. The Morgan fingerprint density at radius 3 is 2.24 bits per heavy atom. The van der Waals surface area contributed by atoms with E-state index in [0.717, 1.165) is 10.4 Å². The number of hydrogen-bond donors (Lipinski definition) is 2. The van der Waals surface area contributed by atoms with Gasteiger partial charge < -0.3 is 5.32 Å². The zero-order chi connectivity index (χ0) is 16.1. The van der Waals surface area contributed by atoms with Crippen LogP contribution in [0.3, 0.4) is 0 Å². The number of benzene rings is 1. The third-order valence-electron chi connectivity index (χ3n) is 2.79. The molecule has 0 atom stereocenters. The molecule has 120 valence electrons. The smallest absolute Gasteiger partial charge is 0.242 e. The van der Waals surface area contributed by atoms with Crippen molar-refractivity contribution in [3.05, 3.63) is 24.3 Å². The lowest BCUT2D eigenvalue weighted by molar-refractivity contribution is 0.520. The Morgan fingerprint density at radius 1 is 1.05 bits per heavy atom. The highest BCUT2D eigenvalue weighted by molar-refractivity contribution is 7.90. The molecule has 2 N–H and O–H groups in total. The van der Waals surface area contributed by atoms with Crippen molar-refractivity contribution >= 4 is 20.0 Å². The molecular formula is C12H21N3O4S2. The van der Waals surface area contributed by atoms with Gasteiger partial charge in [-0.3, -0.25) is 0 Å². The maximum atomic E-state index is 12.1. The molecule has 21 heavy (non-hydrogen) atoms. The third kappa shape index (κ3) is 4.75. The predicted octanol–water partition coefficient (Wildman–Crippen LogP) is -0.175. The summed E-state index contributed by atoms with van der Waals surface area (Å²) in [6.07, 6.45) is 0.644. The van der Waals surface area contributed by atoms with Gasteiger partial charge in [-0.05, 0) is 38.2 Å². The third-order valence-corrected chi connectivity index (χ3v) is 6.06. The van der Waals surface area contributed by atoms with Crippen molar-refractivity contribution in [2.24, 2.45) is 0 Å². The van der Waals surface area contributed by atoms with Crippen LogP contribution in [0.5, 0.6) is 0 Å². The Balaban J connectivity index is 3.00. The van der Waals surface area contributed by atoms with Crippen LogP contribution in [-0.4, -0.2) is 55.4 Å². The lowest BCUT2D eigenvalue weighted by atomic mass is 10.4. The summed E-state index contributed by atoms with van der Waals surface area (Å²) >= 11 is 0. The van der Waals surface area contributed by atoms with Crippen molar-refractivity contribution in [3.63, 3.8) is 0 Å². The normalized spacial score (nSPS) is 12.8. The first-order valence-corrected chi connectivity index (χ1v) is 9.31. The molecule has 0 aromatic heterocycles. The first-order chi connectivity index (χ1) is 9.71. The molecule has 0 aliphatic heterocycles. The maximum absolute atomic E-state index is 12.1. The Labute approximate surface area is 126 Å². The van der Waals surface area contributed by atoms with Crippen LogP contribution in [0, 0.1) is 0 Å². The van der Waals surface area contributed by atoms with Gasteiger partial charge in [0.25, 0.3) is 0 Å². The average molecular weight is 335 g/mol. The maximum Gasteiger partial charge on any atom is 0.242 e. The van der Waals surface area contributed by atoms with Crippen LogP contribution in [0.25, 0.3) is 0 Å². The molecule has 1 aromatic carbocycles. The molecule has 0 aliphatic carbocycles. The Kier molecular flexibility index (Phi) is 6.29. The van der Waals surface area contributed by atoms with Gasteiger partial charge in [0.1, 0.15) is 0 Å². The highest BCUT2D eigenvalue weighted by atomic mass is 32.2. The van der Waals surface area contributed by atoms with Gasteiger partial charge in [0.05, 0.1) is 9.79 Å². The summed E-state index contributed by atoms with van der Waals surface area (Å²) in [5.41, 5.74) is 0. The minimum absolute atomic E-state index is 0.0504. The van der Waals surface area contributed by atoms with Crippen molar-refractivity contribution in [1.82, 2.24) is 14.3 Å². The molecule has 0 amide bonds. The standard InChI is InChI=1S/C12H21N3O4S2/c1-13-8-5-9-14-20(16,17)11-6-4-7-12(10-11)21(18,19)15(2)3/h4,6-7,10,13-14H,5,8-9H2,1-3H3. The van der Waals surface area contributed by atoms with E-state index in [1.54, 1.807) is 7.05 Å². The van der Waals surface area contributed by atoms with Gasteiger partial charge in [-0.1, -0.05) is 6.07 Å². The molecule has 1 aromatic rings. The number of nitrogens with one attached hydrogen (secondary N) is 2. The van der Waals surface area contributed by atoms with E-state index in [0.29, 0.717) is 13.0 Å². The van der Waals surface area contributed by atoms with Gasteiger partial charge >= 0.3 is 0 Å². The highest BCUT2D eigenvalue weighted by Gasteiger charge is 2.20. The Morgan fingerprint density at radius 2 is 1.67 bits per heavy atom. The van der Waals surface area contributed by atoms with Crippen LogP contribution < -0.4 is 10.0 Å². The average Bonchev–Trinajstić information content (AvgIpc) is 2.43. The molecule has 0 fully saturated rings. The van der Waals surface area contributed by atoms with E-state index >= 15 is 0 Å². The molecule has 1 rings (SSSR count). The summed E-state index contributed by atoms with van der Waals surface area (Å²) in [4.78, 5) is -0.111. The van der Waals surface area contributed by atoms with Gasteiger partial charge in [0.15, 0.2) is 0 Å². The van der Waals surface area contributed by atoms with E-state index < -0.39 is 20.0 Å². The van der Waals surface area contributed by atoms with Gasteiger partial charge in [0, 0.05) is 20.6 Å². The second-order valence-corrected chi connectivity index (χ2v) is 8.54. The number of nitrogens with zero attached hydrogens (tertiary/aromatic N) is 1. The molecule has 7 nitrogen and oxygen atoms in total. The minimum atomic E-state index is -3.71. The molecular weight excluding hydrogens is 314 g/mol. The quantitative estimate of drug-likeness (QED) is 0.643. The van der Waals surface area contributed by atoms with E-state index in [9.17, 15) is 16.8 Å². The van der Waals surface area contributed by atoms with Crippen LogP contribution >= 0.6 is 0 Å². The Bertz CT molecular complexity index is 669. The molecule has 0 bridgehead atoms. The second-order valence-electron chi connectivity index (χ2n) is 4.62. The van der Waals surface area contributed by atoms with Crippen LogP contribution in [0.1, 0.15) is 6.42 Å². The van der Waals surface area contributed by atoms with E-state index in [-0.39, 0.29) is 16.3 Å². The molecule has 9 heteroatoms.